The number of ether oxygens (including phenoxy) is 1. The molecule has 0 bridgehead atoms. The summed E-state index contributed by atoms with van der Waals surface area (Å²) in [5.74, 6) is 0.548. The monoisotopic (exact) mass is 333 g/mol. The molecule has 5 heteroatoms. The maximum atomic E-state index is 13.3. The molecule has 3 aromatic rings. The molecule has 0 radical (unpaired) electrons. The topological polar surface area (TPSA) is 58.2 Å². The van der Waals surface area contributed by atoms with Gasteiger partial charge in [0.1, 0.15) is 11.8 Å². The first-order valence-electron chi connectivity index (χ1n) is 8.30. The quantitative estimate of drug-likeness (QED) is 0.801. The minimum absolute atomic E-state index is 0.0417. The second kappa shape index (κ2) is 6.43. The molecule has 0 saturated heterocycles. The summed E-state index contributed by atoms with van der Waals surface area (Å²) in [6.07, 6.45) is 2.47. The first-order chi connectivity index (χ1) is 12.3. The molecule has 1 amide bonds. The number of benzene rings is 2. The van der Waals surface area contributed by atoms with Gasteiger partial charge in [0.05, 0.1) is 24.7 Å². The highest BCUT2D eigenvalue weighted by Gasteiger charge is 2.35. The zero-order chi connectivity index (χ0) is 17.2. The average Bonchev–Trinajstić information content (AvgIpc) is 3.16. The molecule has 1 aromatic heterocycles. The van der Waals surface area contributed by atoms with Crippen LogP contribution in [0.5, 0.6) is 5.75 Å². The minimum atomic E-state index is -0.200. The SMILES string of the molecule is COc1ccccc1C(=O)N1CCc2[nH]cnc2C1c1ccccc1. The molecule has 2 heterocycles. The lowest BCUT2D eigenvalue weighted by atomic mass is 9.94. The van der Waals surface area contributed by atoms with Gasteiger partial charge in [-0.2, -0.15) is 0 Å². The van der Waals surface area contributed by atoms with Crippen molar-refractivity contribution in [1.29, 1.82) is 0 Å². The van der Waals surface area contributed by atoms with Gasteiger partial charge in [-0.1, -0.05) is 42.5 Å². The van der Waals surface area contributed by atoms with Crippen LogP contribution in [-0.4, -0.2) is 34.4 Å². The van der Waals surface area contributed by atoms with Crippen molar-refractivity contribution in [1.82, 2.24) is 14.9 Å². The summed E-state index contributed by atoms with van der Waals surface area (Å²) >= 11 is 0. The number of nitrogens with zero attached hydrogens (tertiary/aromatic N) is 2. The molecule has 1 aliphatic heterocycles. The summed E-state index contributed by atoms with van der Waals surface area (Å²) < 4.78 is 5.38. The van der Waals surface area contributed by atoms with Crippen LogP contribution in [0.25, 0.3) is 0 Å². The van der Waals surface area contributed by atoms with Gasteiger partial charge in [0.15, 0.2) is 0 Å². The van der Waals surface area contributed by atoms with Gasteiger partial charge in [0, 0.05) is 18.7 Å². The van der Waals surface area contributed by atoms with E-state index in [4.69, 9.17) is 4.74 Å². The number of H-pyrrole nitrogens is 1. The molecule has 2 aromatic carbocycles. The predicted molar refractivity (Wildman–Crippen MR) is 94.6 cm³/mol. The summed E-state index contributed by atoms with van der Waals surface area (Å²) in [7, 11) is 1.59. The Kier molecular flexibility index (Phi) is 3.98. The lowest BCUT2D eigenvalue weighted by Gasteiger charge is -2.35. The molecule has 1 N–H and O–H groups in total. The lowest BCUT2D eigenvalue weighted by Crippen LogP contribution is -2.40. The van der Waals surface area contributed by atoms with E-state index in [2.05, 4.69) is 9.97 Å². The van der Waals surface area contributed by atoms with E-state index in [0.29, 0.717) is 17.9 Å². The fourth-order valence-electron chi connectivity index (χ4n) is 3.44. The van der Waals surface area contributed by atoms with E-state index in [1.165, 1.54) is 0 Å². The molecule has 0 spiro atoms. The van der Waals surface area contributed by atoms with Crippen molar-refractivity contribution < 1.29 is 9.53 Å². The lowest BCUT2D eigenvalue weighted by molar-refractivity contribution is 0.0687. The van der Waals surface area contributed by atoms with Gasteiger partial charge in [-0.3, -0.25) is 4.79 Å². The van der Waals surface area contributed by atoms with Crippen molar-refractivity contribution in [3.8, 4) is 5.75 Å². The van der Waals surface area contributed by atoms with E-state index in [-0.39, 0.29) is 11.9 Å². The number of hydrogen-bond donors (Lipinski definition) is 1. The van der Waals surface area contributed by atoms with Crippen molar-refractivity contribution in [2.75, 3.05) is 13.7 Å². The third-order valence-corrected chi connectivity index (χ3v) is 4.64. The van der Waals surface area contributed by atoms with Crippen LogP contribution in [0, 0.1) is 0 Å². The van der Waals surface area contributed by atoms with Gasteiger partial charge in [0.2, 0.25) is 0 Å². The fraction of sp³-hybridized carbons (Fsp3) is 0.200. The summed E-state index contributed by atoms with van der Waals surface area (Å²) in [5, 5.41) is 0. The smallest absolute Gasteiger partial charge is 0.258 e. The van der Waals surface area contributed by atoms with E-state index in [1.807, 2.05) is 59.5 Å². The Morgan fingerprint density at radius 3 is 2.72 bits per heavy atom. The van der Waals surface area contributed by atoms with Gasteiger partial charge in [-0.05, 0) is 17.7 Å². The highest BCUT2D eigenvalue weighted by molar-refractivity contribution is 5.97. The number of aromatic nitrogens is 2. The van der Waals surface area contributed by atoms with Gasteiger partial charge >= 0.3 is 0 Å². The third kappa shape index (κ3) is 2.67. The summed E-state index contributed by atoms with van der Waals surface area (Å²) in [5.41, 5.74) is 3.64. The predicted octanol–water partition coefficient (Wildman–Crippen LogP) is 3.21. The molecule has 126 valence electrons. The summed E-state index contributed by atoms with van der Waals surface area (Å²) in [4.78, 5) is 22.9. The second-order valence-electron chi connectivity index (χ2n) is 6.03. The van der Waals surface area contributed by atoms with Crippen molar-refractivity contribution >= 4 is 5.91 Å². The Bertz CT molecular complexity index is 889. The molecular weight excluding hydrogens is 314 g/mol. The number of nitrogens with one attached hydrogen (secondary N) is 1. The van der Waals surface area contributed by atoms with E-state index in [0.717, 1.165) is 23.4 Å². The van der Waals surface area contributed by atoms with E-state index >= 15 is 0 Å². The molecular formula is C20H19N3O2. The normalized spacial score (nSPS) is 16.4. The zero-order valence-electron chi connectivity index (χ0n) is 14.0. The minimum Gasteiger partial charge on any atom is -0.496 e. The Morgan fingerprint density at radius 2 is 1.92 bits per heavy atom. The zero-order valence-corrected chi connectivity index (χ0v) is 14.0. The molecule has 0 aliphatic carbocycles. The maximum Gasteiger partial charge on any atom is 0.258 e. The van der Waals surface area contributed by atoms with E-state index < -0.39 is 0 Å². The number of aromatic amines is 1. The van der Waals surface area contributed by atoms with E-state index in [1.54, 1.807) is 13.4 Å². The molecule has 4 rings (SSSR count). The van der Waals surface area contributed by atoms with Crippen LogP contribution >= 0.6 is 0 Å². The number of carbonyl (C=O) groups excluding carboxylic acids is 1. The summed E-state index contributed by atoms with van der Waals surface area (Å²) in [6, 6.07) is 17.2. The molecule has 0 saturated carbocycles. The Morgan fingerprint density at radius 1 is 1.16 bits per heavy atom. The van der Waals surface area contributed by atoms with Crippen molar-refractivity contribution in [2.45, 2.75) is 12.5 Å². The summed E-state index contributed by atoms with van der Waals surface area (Å²) in [6.45, 7) is 0.631. The highest BCUT2D eigenvalue weighted by Crippen LogP contribution is 2.35. The number of imidazole rings is 1. The Labute approximate surface area is 146 Å². The number of methoxy groups -OCH3 is 1. The van der Waals surface area contributed by atoms with Gasteiger partial charge in [-0.15, -0.1) is 0 Å². The van der Waals surface area contributed by atoms with Gasteiger partial charge < -0.3 is 14.6 Å². The van der Waals surface area contributed by atoms with Crippen LogP contribution < -0.4 is 4.74 Å². The van der Waals surface area contributed by atoms with Crippen molar-refractivity contribution in [3.05, 3.63) is 83.4 Å². The first-order valence-corrected chi connectivity index (χ1v) is 8.30. The number of para-hydroxylation sites is 1. The highest BCUT2D eigenvalue weighted by atomic mass is 16.5. The number of carbonyl (C=O) groups is 1. The van der Waals surface area contributed by atoms with Crippen molar-refractivity contribution in [2.24, 2.45) is 0 Å². The Balaban J connectivity index is 1.79. The van der Waals surface area contributed by atoms with Crippen LogP contribution in [-0.2, 0) is 6.42 Å². The number of fused-ring (bicyclic) bond motifs is 1. The maximum absolute atomic E-state index is 13.3. The molecule has 1 unspecified atom stereocenters. The third-order valence-electron chi connectivity index (χ3n) is 4.64. The molecule has 5 nitrogen and oxygen atoms in total. The second-order valence-corrected chi connectivity index (χ2v) is 6.03. The first kappa shape index (κ1) is 15.4. The standard InChI is InChI=1S/C20H19N3O2/c1-25-17-10-6-5-9-15(17)20(24)23-12-11-16-18(22-13-21-16)19(23)14-7-3-2-4-8-14/h2-10,13,19H,11-12H2,1H3,(H,21,22). The molecule has 25 heavy (non-hydrogen) atoms. The molecule has 0 fully saturated rings. The van der Waals surface area contributed by atoms with Crippen LogP contribution in [0.15, 0.2) is 60.9 Å². The largest absolute Gasteiger partial charge is 0.496 e. The van der Waals surface area contributed by atoms with Crippen LogP contribution in [0.2, 0.25) is 0 Å². The molecule has 1 atom stereocenters. The van der Waals surface area contributed by atoms with Crippen molar-refractivity contribution in [3.63, 3.8) is 0 Å². The average molecular weight is 333 g/mol. The number of rotatable bonds is 3. The van der Waals surface area contributed by atoms with Gasteiger partial charge in [-0.25, -0.2) is 4.98 Å². The number of hydrogen-bond acceptors (Lipinski definition) is 3. The van der Waals surface area contributed by atoms with Gasteiger partial charge in [0.25, 0.3) is 5.91 Å². The molecule has 1 aliphatic rings. The fourth-order valence-corrected chi connectivity index (χ4v) is 3.44. The Hall–Kier alpha value is -3.08. The van der Waals surface area contributed by atoms with E-state index in [9.17, 15) is 4.79 Å². The van der Waals surface area contributed by atoms with Crippen LogP contribution in [0.3, 0.4) is 0 Å². The van der Waals surface area contributed by atoms with Crippen LogP contribution in [0.4, 0.5) is 0 Å². The number of amides is 1. The van der Waals surface area contributed by atoms with Crippen LogP contribution in [0.1, 0.15) is 33.4 Å².